The topological polar surface area (TPSA) is 62.5 Å². The van der Waals surface area contributed by atoms with E-state index in [0.717, 1.165) is 11.9 Å². The van der Waals surface area contributed by atoms with E-state index in [4.69, 9.17) is 0 Å². The first-order valence-corrected chi connectivity index (χ1v) is 7.70. The third-order valence-corrected chi connectivity index (χ3v) is 4.18. The molecule has 1 fully saturated rings. The molecule has 10 heteroatoms. The van der Waals surface area contributed by atoms with Crippen LogP contribution < -0.4 is 9.80 Å². The van der Waals surface area contributed by atoms with E-state index >= 15 is 0 Å². The third-order valence-electron chi connectivity index (χ3n) is 4.18. The Morgan fingerprint density at radius 1 is 0.960 bits per heavy atom. The van der Waals surface area contributed by atoms with Crippen molar-refractivity contribution in [2.24, 2.45) is 0 Å². The fraction of sp³-hybridized carbons (Fsp3) is 0.333. The lowest BCUT2D eigenvalue weighted by Gasteiger charge is -2.36. The fourth-order valence-electron chi connectivity index (χ4n) is 2.89. The maximum Gasteiger partial charge on any atom is 0.433 e. The molecule has 0 unspecified atom stereocenters. The van der Waals surface area contributed by atoms with E-state index in [-0.39, 0.29) is 0 Å². The zero-order valence-electron chi connectivity index (χ0n) is 13.1. The molecule has 25 heavy (non-hydrogen) atoms. The summed E-state index contributed by atoms with van der Waals surface area (Å²) >= 11 is 0. The van der Waals surface area contributed by atoms with Crippen molar-refractivity contribution >= 4 is 17.2 Å². The number of hydrogen-bond donors (Lipinski definition) is 0. The lowest BCUT2D eigenvalue weighted by Crippen LogP contribution is -2.47. The molecule has 130 valence electrons. The smallest absolute Gasteiger partial charge is 0.367 e. The van der Waals surface area contributed by atoms with E-state index < -0.39 is 11.9 Å². The summed E-state index contributed by atoms with van der Waals surface area (Å²) in [6, 6.07) is 2.48. The minimum absolute atomic E-state index is 0.657. The number of halogens is 3. The van der Waals surface area contributed by atoms with Crippen molar-refractivity contribution in [2.75, 3.05) is 36.0 Å². The van der Waals surface area contributed by atoms with Crippen molar-refractivity contribution in [2.45, 2.75) is 6.18 Å². The van der Waals surface area contributed by atoms with Gasteiger partial charge in [-0.25, -0.2) is 9.97 Å². The monoisotopic (exact) mass is 349 g/mol. The highest BCUT2D eigenvalue weighted by molar-refractivity contribution is 5.64. The minimum atomic E-state index is -4.42. The van der Waals surface area contributed by atoms with Gasteiger partial charge in [-0.05, 0) is 12.1 Å². The van der Waals surface area contributed by atoms with Gasteiger partial charge in [-0.3, -0.25) is 4.40 Å². The van der Waals surface area contributed by atoms with Crippen molar-refractivity contribution < 1.29 is 13.2 Å². The lowest BCUT2D eigenvalue weighted by molar-refractivity contribution is -0.141. The van der Waals surface area contributed by atoms with Gasteiger partial charge in [0.05, 0.1) is 11.9 Å². The Bertz CT molecular complexity index is 867. The molecule has 0 bridgehead atoms. The molecule has 4 heterocycles. The quantitative estimate of drug-likeness (QED) is 0.704. The number of pyridine rings is 1. The Balaban J connectivity index is 1.47. The Hall–Kier alpha value is -2.91. The van der Waals surface area contributed by atoms with Crippen LogP contribution in [0, 0.1) is 0 Å². The summed E-state index contributed by atoms with van der Waals surface area (Å²) in [7, 11) is 0. The molecule has 1 aliphatic heterocycles. The molecule has 0 spiro atoms. The molecule has 0 amide bonds. The zero-order chi connectivity index (χ0) is 17.4. The number of fused-ring (bicyclic) bond motifs is 1. The van der Waals surface area contributed by atoms with Crippen LogP contribution in [0.5, 0.6) is 0 Å². The van der Waals surface area contributed by atoms with Gasteiger partial charge in [0.2, 0.25) is 5.65 Å². The molecule has 1 saturated heterocycles. The summed E-state index contributed by atoms with van der Waals surface area (Å²) in [6.07, 6.45) is 1.95. The first-order chi connectivity index (χ1) is 12.0. The van der Waals surface area contributed by atoms with Gasteiger partial charge in [0.15, 0.2) is 5.82 Å². The predicted octanol–water partition coefficient (Wildman–Crippen LogP) is 1.86. The lowest BCUT2D eigenvalue weighted by atomic mass is 10.2. The average molecular weight is 349 g/mol. The first-order valence-electron chi connectivity index (χ1n) is 7.70. The number of piperazine rings is 1. The molecule has 0 N–H and O–H groups in total. The molecule has 0 aliphatic carbocycles. The molecule has 0 radical (unpaired) electrons. The number of hydrogen-bond acceptors (Lipinski definition) is 6. The van der Waals surface area contributed by atoms with Crippen LogP contribution in [0.1, 0.15) is 5.69 Å². The van der Waals surface area contributed by atoms with Crippen molar-refractivity contribution in [1.29, 1.82) is 0 Å². The van der Waals surface area contributed by atoms with Crippen LogP contribution in [0.2, 0.25) is 0 Å². The van der Waals surface area contributed by atoms with Crippen molar-refractivity contribution in [3.8, 4) is 0 Å². The minimum Gasteiger partial charge on any atom is -0.367 e. The number of aromatic nitrogens is 5. The van der Waals surface area contributed by atoms with Crippen molar-refractivity contribution in [1.82, 2.24) is 24.6 Å². The Morgan fingerprint density at radius 3 is 2.40 bits per heavy atom. The normalized spacial score (nSPS) is 15.8. The molecule has 3 aromatic rings. The second-order valence-electron chi connectivity index (χ2n) is 5.69. The van der Waals surface area contributed by atoms with Crippen LogP contribution in [0.4, 0.5) is 24.7 Å². The third kappa shape index (κ3) is 2.94. The fourth-order valence-corrected chi connectivity index (χ4v) is 2.89. The predicted molar refractivity (Wildman–Crippen MR) is 84.4 cm³/mol. The van der Waals surface area contributed by atoms with Crippen LogP contribution in [-0.2, 0) is 6.18 Å². The molecule has 0 saturated carbocycles. The number of alkyl halides is 3. The summed E-state index contributed by atoms with van der Waals surface area (Å²) in [5.74, 6) is 0.755. The summed E-state index contributed by atoms with van der Waals surface area (Å²) in [4.78, 5) is 12.0. The van der Waals surface area contributed by atoms with Crippen LogP contribution in [-0.4, -0.2) is 50.7 Å². The molecule has 0 atom stereocenters. The van der Waals surface area contributed by atoms with E-state index in [1.54, 1.807) is 23.1 Å². The van der Waals surface area contributed by atoms with Gasteiger partial charge >= 0.3 is 6.18 Å². The molecule has 3 aromatic heterocycles. The largest absolute Gasteiger partial charge is 0.433 e. The highest BCUT2D eigenvalue weighted by Crippen LogP contribution is 2.29. The average Bonchev–Trinajstić information content (AvgIpc) is 3.10. The Labute approximate surface area is 140 Å². The maximum atomic E-state index is 12.6. The first kappa shape index (κ1) is 15.6. The second kappa shape index (κ2) is 5.87. The molecule has 7 nitrogen and oxygen atoms in total. The summed E-state index contributed by atoms with van der Waals surface area (Å²) in [5.41, 5.74) is 0.492. The maximum absolute atomic E-state index is 12.6. The number of anilines is 2. The standard InChI is InChI=1S/C15H14F3N7/c16-15(17,18)12-2-1-11(9-20-12)23-5-7-24(8-6-23)13-14-22-21-10-25(14)4-3-19-13/h1-4,9-10H,5-8H2. The van der Waals surface area contributed by atoms with Crippen LogP contribution >= 0.6 is 0 Å². The highest BCUT2D eigenvalue weighted by atomic mass is 19.4. The molecular weight excluding hydrogens is 335 g/mol. The Morgan fingerprint density at radius 2 is 1.72 bits per heavy atom. The van der Waals surface area contributed by atoms with Gasteiger partial charge < -0.3 is 9.80 Å². The molecule has 4 rings (SSSR count). The van der Waals surface area contributed by atoms with Crippen molar-refractivity contribution in [3.05, 3.63) is 42.7 Å². The second-order valence-corrected chi connectivity index (χ2v) is 5.69. The van der Waals surface area contributed by atoms with Crippen LogP contribution in [0.15, 0.2) is 37.1 Å². The van der Waals surface area contributed by atoms with E-state index in [1.807, 2.05) is 4.90 Å². The SMILES string of the molecule is FC(F)(F)c1ccc(N2CCN(c3nccn4cnnc34)CC2)cn1. The van der Waals surface area contributed by atoms with E-state index in [9.17, 15) is 13.2 Å². The summed E-state index contributed by atoms with van der Waals surface area (Å²) < 4.78 is 39.6. The van der Waals surface area contributed by atoms with Gasteiger partial charge in [0, 0.05) is 38.6 Å². The number of rotatable bonds is 2. The van der Waals surface area contributed by atoms with Gasteiger partial charge in [-0.15, -0.1) is 10.2 Å². The number of nitrogens with zero attached hydrogens (tertiary/aromatic N) is 7. The van der Waals surface area contributed by atoms with Gasteiger partial charge in [0.25, 0.3) is 0 Å². The van der Waals surface area contributed by atoms with E-state index in [1.165, 1.54) is 12.3 Å². The Kier molecular flexibility index (Phi) is 3.66. The van der Waals surface area contributed by atoms with Gasteiger partial charge in [-0.2, -0.15) is 13.2 Å². The van der Waals surface area contributed by atoms with Crippen LogP contribution in [0.25, 0.3) is 5.65 Å². The molecule has 1 aliphatic rings. The van der Waals surface area contributed by atoms with Gasteiger partial charge in [-0.1, -0.05) is 0 Å². The van der Waals surface area contributed by atoms with E-state index in [2.05, 4.69) is 25.1 Å². The molecular formula is C15H14F3N7. The zero-order valence-corrected chi connectivity index (χ0v) is 13.1. The summed E-state index contributed by atoms with van der Waals surface area (Å²) in [5, 5.41) is 7.97. The highest BCUT2D eigenvalue weighted by Gasteiger charge is 2.32. The van der Waals surface area contributed by atoms with E-state index in [0.29, 0.717) is 37.5 Å². The van der Waals surface area contributed by atoms with Crippen LogP contribution in [0.3, 0.4) is 0 Å². The summed E-state index contributed by atoms with van der Waals surface area (Å²) in [6.45, 7) is 2.68. The van der Waals surface area contributed by atoms with Gasteiger partial charge in [0.1, 0.15) is 12.0 Å². The molecule has 0 aromatic carbocycles. The van der Waals surface area contributed by atoms with Crippen molar-refractivity contribution in [3.63, 3.8) is 0 Å².